The van der Waals surface area contributed by atoms with E-state index in [1.54, 1.807) is 11.0 Å². The van der Waals surface area contributed by atoms with E-state index in [1.165, 1.54) is 12.1 Å². The average molecular weight is 330 g/mol. The van der Waals surface area contributed by atoms with Crippen LogP contribution < -0.4 is 4.90 Å². The third-order valence-electron chi connectivity index (χ3n) is 4.09. The maximum absolute atomic E-state index is 14.1. The van der Waals surface area contributed by atoms with Crippen LogP contribution in [0.1, 0.15) is 17.2 Å². The van der Waals surface area contributed by atoms with Crippen LogP contribution in [-0.4, -0.2) is 34.4 Å². The van der Waals surface area contributed by atoms with Gasteiger partial charge in [-0.2, -0.15) is 5.26 Å². The average Bonchev–Trinajstić information content (AvgIpc) is 3.00. The molecule has 0 aliphatic carbocycles. The molecule has 0 unspecified atom stereocenters. The third-order valence-corrected chi connectivity index (χ3v) is 4.09. The molecule has 8 heteroatoms. The van der Waals surface area contributed by atoms with E-state index in [-0.39, 0.29) is 24.3 Å². The SMILES string of the molecule is N#Cc1ccc(N2C[C@@H](C(=O)O)[C@H](c3ccc(F)cc3F)C2)nn1. The van der Waals surface area contributed by atoms with Gasteiger partial charge in [0.05, 0.1) is 5.92 Å². The lowest BCUT2D eigenvalue weighted by Crippen LogP contribution is -2.24. The Morgan fingerprint density at radius 3 is 2.62 bits per heavy atom. The van der Waals surface area contributed by atoms with Crippen LogP contribution in [0.5, 0.6) is 0 Å². The molecular weight excluding hydrogens is 318 g/mol. The molecule has 3 rings (SSSR count). The van der Waals surface area contributed by atoms with Crippen LogP contribution >= 0.6 is 0 Å². The quantitative estimate of drug-likeness (QED) is 0.925. The van der Waals surface area contributed by atoms with E-state index < -0.39 is 29.4 Å². The highest BCUT2D eigenvalue weighted by atomic mass is 19.1. The lowest BCUT2D eigenvalue weighted by Gasteiger charge is -2.17. The maximum Gasteiger partial charge on any atom is 0.308 e. The number of benzene rings is 1. The smallest absolute Gasteiger partial charge is 0.308 e. The van der Waals surface area contributed by atoms with Crippen molar-refractivity contribution in [2.45, 2.75) is 5.92 Å². The van der Waals surface area contributed by atoms with Gasteiger partial charge in [0, 0.05) is 25.1 Å². The molecule has 6 nitrogen and oxygen atoms in total. The molecule has 1 aromatic carbocycles. The maximum atomic E-state index is 14.1. The van der Waals surface area contributed by atoms with E-state index in [4.69, 9.17) is 5.26 Å². The number of nitriles is 1. The fourth-order valence-corrected chi connectivity index (χ4v) is 2.91. The topological polar surface area (TPSA) is 90.1 Å². The molecule has 0 spiro atoms. The molecule has 1 N–H and O–H groups in total. The van der Waals surface area contributed by atoms with Crippen molar-refractivity contribution in [3.05, 3.63) is 53.2 Å². The van der Waals surface area contributed by atoms with Gasteiger partial charge in [-0.25, -0.2) is 8.78 Å². The molecule has 2 atom stereocenters. The first-order chi connectivity index (χ1) is 11.5. The standard InChI is InChI=1S/C16H12F2N4O2/c17-9-1-3-11(14(18)5-9)12-7-22(8-13(12)16(23)24)15-4-2-10(6-19)20-21-15/h1-5,12-13H,7-8H2,(H,23,24)/t12-,13+/m0/s1. The summed E-state index contributed by atoms with van der Waals surface area (Å²) in [6, 6.07) is 8.03. The lowest BCUT2D eigenvalue weighted by molar-refractivity contribution is -0.141. The predicted molar refractivity (Wildman–Crippen MR) is 79.2 cm³/mol. The van der Waals surface area contributed by atoms with Crippen molar-refractivity contribution in [1.29, 1.82) is 5.26 Å². The Bertz CT molecular complexity index is 820. The number of carbonyl (C=O) groups is 1. The molecule has 0 saturated carbocycles. The highest BCUT2D eigenvalue weighted by Gasteiger charge is 2.40. The van der Waals surface area contributed by atoms with Gasteiger partial charge in [-0.1, -0.05) is 6.07 Å². The molecule has 122 valence electrons. The van der Waals surface area contributed by atoms with Crippen molar-refractivity contribution >= 4 is 11.8 Å². The largest absolute Gasteiger partial charge is 0.481 e. The van der Waals surface area contributed by atoms with Crippen molar-refractivity contribution in [1.82, 2.24) is 10.2 Å². The van der Waals surface area contributed by atoms with Gasteiger partial charge in [0.2, 0.25) is 0 Å². The van der Waals surface area contributed by atoms with Gasteiger partial charge in [0.1, 0.15) is 17.7 Å². The van der Waals surface area contributed by atoms with Gasteiger partial charge in [-0.3, -0.25) is 4.79 Å². The number of aromatic nitrogens is 2. The molecule has 1 aliphatic heterocycles. The Kier molecular flexibility index (Phi) is 4.08. The summed E-state index contributed by atoms with van der Waals surface area (Å²) in [4.78, 5) is 13.2. The summed E-state index contributed by atoms with van der Waals surface area (Å²) in [6.45, 7) is 0.331. The minimum absolute atomic E-state index is 0.122. The van der Waals surface area contributed by atoms with E-state index in [9.17, 15) is 18.7 Å². The molecule has 0 radical (unpaired) electrons. The zero-order chi connectivity index (χ0) is 17.3. The number of hydrogen-bond acceptors (Lipinski definition) is 5. The normalized spacial score (nSPS) is 20.0. The van der Waals surface area contributed by atoms with Crippen LogP contribution in [0.2, 0.25) is 0 Å². The van der Waals surface area contributed by atoms with E-state index >= 15 is 0 Å². The first-order valence-electron chi connectivity index (χ1n) is 7.16. The highest BCUT2D eigenvalue weighted by molar-refractivity contribution is 5.73. The molecule has 1 aromatic heterocycles. The molecule has 2 aromatic rings. The first kappa shape index (κ1) is 15.8. The van der Waals surface area contributed by atoms with E-state index in [2.05, 4.69) is 10.2 Å². The fraction of sp³-hybridized carbons (Fsp3) is 0.250. The van der Waals surface area contributed by atoms with Crippen LogP contribution in [-0.2, 0) is 4.79 Å². The molecule has 1 aliphatic rings. The second-order valence-corrected chi connectivity index (χ2v) is 5.51. The Hall–Kier alpha value is -3.08. The van der Waals surface area contributed by atoms with Crippen LogP contribution in [0.4, 0.5) is 14.6 Å². The number of carboxylic acids is 1. The Labute approximate surface area is 136 Å². The number of halogens is 2. The Balaban J connectivity index is 1.91. The minimum Gasteiger partial charge on any atom is -0.481 e. The minimum atomic E-state index is -1.06. The van der Waals surface area contributed by atoms with E-state index in [0.717, 1.165) is 12.1 Å². The number of hydrogen-bond donors (Lipinski definition) is 1. The van der Waals surface area contributed by atoms with Crippen LogP contribution in [0.15, 0.2) is 30.3 Å². The number of rotatable bonds is 3. The number of anilines is 1. The molecule has 0 bridgehead atoms. The summed E-state index contributed by atoms with van der Waals surface area (Å²) >= 11 is 0. The molecule has 24 heavy (non-hydrogen) atoms. The lowest BCUT2D eigenvalue weighted by atomic mass is 9.88. The molecule has 0 amide bonds. The van der Waals surface area contributed by atoms with Gasteiger partial charge >= 0.3 is 5.97 Å². The van der Waals surface area contributed by atoms with Gasteiger partial charge in [-0.15, -0.1) is 10.2 Å². The van der Waals surface area contributed by atoms with Crippen molar-refractivity contribution in [2.75, 3.05) is 18.0 Å². The third kappa shape index (κ3) is 2.88. The number of nitrogens with zero attached hydrogens (tertiary/aromatic N) is 4. The number of aliphatic carboxylic acids is 1. The summed E-state index contributed by atoms with van der Waals surface area (Å²) in [7, 11) is 0. The van der Waals surface area contributed by atoms with Gasteiger partial charge in [0.25, 0.3) is 0 Å². The van der Waals surface area contributed by atoms with E-state index in [1.807, 2.05) is 6.07 Å². The Morgan fingerprint density at radius 2 is 2.04 bits per heavy atom. The van der Waals surface area contributed by atoms with E-state index in [0.29, 0.717) is 5.82 Å². The molecule has 1 fully saturated rings. The molecular formula is C16H12F2N4O2. The van der Waals surface area contributed by atoms with Crippen molar-refractivity contribution in [3.63, 3.8) is 0 Å². The highest BCUT2D eigenvalue weighted by Crippen LogP contribution is 2.36. The zero-order valence-electron chi connectivity index (χ0n) is 12.4. The summed E-state index contributed by atoms with van der Waals surface area (Å²) in [6.07, 6.45) is 0. The molecule has 1 saturated heterocycles. The predicted octanol–water partition coefficient (Wildman–Crippen LogP) is 1.93. The molecule has 2 heterocycles. The van der Waals surface area contributed by atoms with Crippen LogP contribution in [0.25, 0.3) is 0 Å². The summed E-state index contributed by atoms with van der Waals surface area (Å²) in [5.41, 5.74) is 0.307. The Morgan fingerprint density at radius 1 is 1.25 bits per heavy atom. The summed E-state index contributed by atoms with van der Waals surface area (Å²) < 4.78 is 27.1. The van der Waals surface area contributed by atoms with Crippen molar-refractivity contribution in [3.8, 4) is 6.07 Å². The van der Waals surface area contributed by atoms with Crippen LogP contribution in [0.3, 0.4) is 0 Å². The number of carboxylic acid groups (broad SMARTS) is 1. The second-order valence-electron chi connectivity index (χ2n) is 5.51. The van der Waals surface area contributed by atoms with Gasteiger partial charge in [0.15, 0.2) is 11.5 Å². The second kappa shape index (κ2) is 6.20. The van der Waals surface area contributed by atoms with Gasteiger partial charge < -0.3 is 10.0 Å². The van der Waals surface area contributed by atoms with Gasteiger partial charge in [-0.05, 0) is 23.8 Å². The fourth-order valence-electron chi connectivity index (χ4n) is 2.91. The monoisotopic (exact) mass is 330 g/mol. The summed E-state index contributed by atoms with van der Waals surface area (Å²) in [5.74, 6) is -3.63. The van der Waals surface area contributed by atoms with Crippen LogP contribution in [0, 0.1) is 28.9 Å². The zero-order valence-corrected chi connectivity index (χ0v) is 12.4. The van der Waals surface area contributed by atoms with Crippen molar-refractivity contribution in [2.24, 2.45) is 5.92 Å². The first-order valence-corrected chi connectivity index (χ1v) is 7.16. The summed E-state index contributed by atoms with van der Waals surface area (Å²) in [5, 5.41) is 25.8. The van der Waals surface area contributed by atoms with Crippen molar-refractivity contribution < 1.29 is 18.7 Å².